The predicted octanol–water partition coefficient (Wildman–Crippen LogP) is 3.68. The summed E-state index contributed by atoms with van der Waals surface area (Å²) in [5.74, 6) is 0.926. The van der Waals surface area contributed by atoms with Crippen LogP contribution < -0.4 is 10.1 Å². The fraction of sp³-hybridized carbons (Fsp3) is 0.316. The second kappa shape index (κ2) is 8.74. The zero-order chi connectivity index (χ0) is 15.6. The van der Waals surface area contributed by atoms with Gasteiger partial charge in [0, 0.05) is 13.0 Å². The molecule has 1 N–H and O–H groups in total. The highest BCUT2D eigenvalue weighted by Gasteiger charge is 2.02. The highest BCUT2D eigenvalue weighted by atomic mass is 16.5. The normalized spacial score (nSPS) is 12.1. The lowest BCUT2D eigenvalue weighted by Gasteiger charge is -2.06. The van der Waals surface area contributed by atoms with E-state index in [0.717, 1.165) is 30.6 Å². The molecule has 0 fully saturated rings. The molecular weight excluding hydrogens is 274 g/mol. The molecule has 114 valence electrons. The third kappa shape index (κ3) is 5.49. The quantitative estimate of drug-likeness (QED) is 0.587. The van der Waals surface area contributed by atoms with E-state index in [1.54, 1.807) is 7.11 Å². The number of amides is 1. The van der Waals surface area contributed by atoms with E-state index in [4.69, 9.17) is 4.74 Å². The van der Waals surface area contributed by atoms with Gasteiger partial charge in [0.1, 0.15) is 5.75 Å². The molecule has 0 radical (unpaired) electrons. The minimum Gasteiger partial charge on any atom is -0.497 e. The summed E-state index contributed by atoms with van der Waals surface area (Å²) in [4.78, 5) is 11.8. The van der Waals surface area contributed by atoms with Crippen LogP contribution in [0.4, 0.5) is 0 Å². The van der Waals surface area contributed by atoms with Crippen LogP contribution in [0.25, 0.3) is 0 Å². The van der Waals surface area contributed by atoms with E-state index in [1.807, 2.05) is 42.5 Å². The van der Waals surface area contributed by atoms with Gasteiger partial charge in [-0.2, -0.15) is 0 Å². The number of benzene rings is 1. The van der Waals surface area contributed by atoms with Crippen molar-refractivity contribution in [3.8, 4) is 5.75 Å². The predicted molar refractivity (Wildman–Crippen MR) is 87.6 cm³/mol. The van der Waals surface area contributed by atoms with E-state index in [9.17, 15) is 4.79 Å². The van der Waals surface area contributed by atoms with Crippen molar-refractivity contribution in [2.45, 2.75) is 32.2 Å². The van der Waals surface area contributed by atoms with Crippen molar-refractivity contribution in [2.75, 3.05) is 7.11 Å². The van der Waals surface area contributed by atoms with Gasteiger partial charge in [-0.05, 0) is 54.7 Å². The van der Waals surface area contributed by atoms with Gasteiger partial charge in [0.25, 0.3) is 0 Å². The van der Waals surface area contributed by atoms with Crippen LogP contribution in [0.3, 0.4) is 0 Å². The van der Waals surface area contributed by atoms with E-state index in [1.165, 1.54) is 5.57 Å². The van der Waals surface area contributed by atoms with Gasteiger partial charge in [0.2, 0.25) is 5.91 Å². The van der Waals surface area contributed by atoms with E-state index >= 15 is 0 Å². The average Bonchev–Trinajstić information content (AvgIpc) is 2.58. The van der Waals surface area contributed by atoms with E-state index in [0.29, 0.717) is 13.0 Å². The van der Waals surface area contributed by atoms with Crippen LogP contribution in [-0.2, 0) is 11.3 Å². The molecule has 1 aromatic rings. The molecule has 0 aliphatic heterocycles. The number of hydrogen-bond donors (Lipinski definition) is 1. The molecule has 1 aromatic carbocycles. The minimum absolute atomic E-state index is 0.101. The van der Waals surface area contributed by atoms with Crippen LogP contribution in [0.1, 0.15) is 31.2 Å². The van der Waals surface area contributed by atoms with Gasteiger partial charge >= 0.3 is 0 Å². The van der Waals surface area contributed by atoms with Crippen LogP contribution in [-0.4, -0.2) is 13.0 Å². The topological polar surface area (TPSA) is 38.3 Å². The van der Waals surface area contributed by atoms with Crippen molar-refractivity contribution >= 4 is 5.91 Å². The maximum absolute atomic E-state index is 11.8. The number of carbonyl (C=O) groups is 1. The van der Waals surface area contributed by atoms with Gasteiger partial charge in [0.15, 0.2) is 0 Å². The number of unbranched alkanes of at least 4 members (excludes halogenated alkanes) is 1. The molecule has 0 unspecified atom stereocenters. The van der Waals surface area contributed by atoms with Crippen molar-refractivity contribution in [1.29, 1.82) is 0 Å². The third-order valence-electron chi connectivity index (χ3n) is 3.49. The maximum atomic E-state index is 11.8. The molecule has 0 aromatic heterocycles. The van der Waals surface area contributed by atoms with Crippen molar-refractivity contribution in [3.63, 3.8) is 0 Å². The molecule has 22 heavy (non-hydrogen) atoms. The number of rotatable bonds is 8. The average molecular weight is 295 g/mol. The fourth-order valence-corrected chi connectivity index (χ4v) is 2.18. The Kier molecular flexibility index (Phi) is 6.32. The number of hydrogen-bond acceptors (Lipinski definition) is 2. The van der Waals surface area contributed by atoms with Crippen molar-refractivity contribution in [3.05, 3.63) is 65.1 Å². The largest absolute Gasteiger partial charge is 0.497 e. The Morgan fingerprint density at radius 1 is 1.18 bits per heavy atom. The molecule has 0 heterocycles. The van der Waals surface area contributed by atoms with E-state index in [2.05, 4.69) is 16.8 Å². The van der Waals surface area contributed by atoms with Crippen molar-refractivity contribution < 1.29 is 9.53 Å². The molecule has 0 bridgehead atoms. The van der Waals surface area contributed by atoms with Gasteiger partial charge in [0.05, 0.1) is 7.11 Å². The lowest BCUT2D eigenvalue weighted by atomic mass is 10.1. The molecule has 1 aliphatic rings. The SMILES string of the molecule is COc1ccc(CNC(=O)CCCCC2=CC=C=C=C2)cc1. The second-order valence-corrected chi connectivity index (χ2v) is 5.17. The Bertz CT molecular complexity index is 628. The molecule has 1 amide bonds. The van der Waals surface area contributed by atoms with Crippen LogP contribution in [0, 0.1) is 0 Å². The Balaban J connectivity index is 1.60. The molecule has 2 rings (SSSR count). The zero-order valence-electron chi connectivity index (χ0n) is 12.9. The van der Waals surface area contributed by atoms with Gasteiger partial charge in [-0.15, -0.1) is 0 Å². The monoisotopic (exact) mass is 295 g/mol. The van der Waals surface area contributed by atoms with Crippen molar-refractivity contribution in [2.24, 2.45) is 0 Å². The summed E-state index contributed by atoms with van der Waals surface area (Å²) < 4.78 is 5.11. The zero-order valence-corrected chi connectivity index (χ0v) is 12.9. The number of methoxy groups -OCH3 is 1. The standard InChI is InChI=1S/C19H21NO2/c1-22-18-13-11-17(12-14-18)15-20-19(21)10-6-5-9-16-7-3-2-4-8-16/h3,7-8,11-14H,5-6,9-10,15H2,1H3,(H,20,21). The molecule has 0 spiro atoms. The lowest BCUT2D eigenvalue weighted by Crippen LogP contribution is -2.22. The maximum Gasteiger partial charge on any atom is 0.220 e. The molecule has 0 saturated heterocycles. The van der Waals surface area contributed by atoms with E-state index < -0.39 is 0 Å². The minimum atomic E-state index is 0.101. The molecule has 0 saturated carbocycles. The molecule has 1 aliphatic carbocycles. The van der Waals surface area contributed by atoms with Gasteiger partial charge in [-0.25, -0.2) is 0 Å². The number of nitrogens with one attached hydrogen (secondary N) is 1. The first kappa shape index (κ1) is 15.9. The summed E-state index contributed by atoms with van der Waals surface area (Å²) in [6, 6.07) is 7.72. The summed E-state index contributed by atoms with van der Waals surface area (Å²) in [6.45, 7) is 0.562. The summed E-state index contributed by atoms with van der Waals surface area (Å²) in [7, 11) is 1.64. The first-order valence-corrected chi connectivity index (χ1v) is 7.54. The Hall–Kier alpha value is -2.47. The van der Waals surface area contributed by atoms with Gasteiger partial charge in [-0.1, -0.05) is 29.7 Å². The fourth-order valence-electron chi connectivity index (χ4n) is 2.18. The highest BCUT2D eigenvalue weighted by Crippen LogP contribution is 2.12. The first-order valence-electron chi connectivity index (χ1n) is 7.54. The molecule has 0 atom stereocenters. The summed E-state index contributed by atoms with van der Waals surface area (Å²) in [6.07, 6.45) is 9.32. The molecular formula is C19H21NO2. The van der Waals surface area contributed by atoms with Crippen LogP contribution in [0.2, 0.25) is 0 Å². The van der Waals surface area contributed by atoms with Gasteiger partial charge < -0.3 is 10.1 Å². The summed E-state index contributed by atoms with van der Waals surface area (Å²) in [5, 5.41) is 2.94. The van der Waals surface area contributed by atoms with E-state index in [-0.39, 0.29) is 5.91 Å². The van der Waals surface area contributed by atoms with Crippen LogP contribution in [0.15, 0.2) is 59.5 Å². The Labute approximate surface area is 131 Å². The lowest BCUT2D eigenvalue weighted by molar-refractivity contribution is -0.121. The molecule has 3 nitrogen and oxygen atoms in total. The first-order chi connectivity index (χ1) is 10.8. The third-order valence-corrected chi connectivity index (χ3v) is 3.49. The van der Waals surface area contributed by atoms with Crippen LogP contribution >= 0.6 is 0 Å². The highest BCUT2D eigenvalue weighted by molar-refractivity contribution is 5.75. The summed E-state index contributed by atoms with van der Waals surface area (Å²) >= 11 is 0. The Morgan fingerprint density at radius 3 is 2.68 bits per heavy atom. The smallest absolute Gasteiger partial charge is 0.220 e. The second-order valence-electron chi connectivity index (χ2n) is 5.17. The Morgan fingerprint density at radius 2 is 2.00 bits per heavy atom. The number of carbonyl (C=O) groups excluding carboxylic acids is 1. The van der Waals surface area contributed by atoms with Crippen molar-refractivity contribution in [1.82, 2.24) is 5.32 Å². The molecule has 3 heteroatoms. The van der Waals surface area contributed by atoms with Gasteiger partial charge in [-0.3, -0.25) is 4.79 Å². The van der Waals surface area contributed by atoms with Crippen LogP contribution in [0.5, 0.6) is 5.75 Å². The number of ether oxygens (including phenoxy) is 1. The number of allylic oxidation sites excluding steroid dienone is 4. The summed E-state index contributed by atoms with van der Waals surface area (Å²) in [5.41, 5.74) is 8.15.